The molecule has 4 rings (SSSR count). The summed E-state index contributed by atoms with van der Waals surface area (Å²) in [6, 6.07) is 18.5. The molecule has 3 amide bonds. The van der Waals surface area contributed by atoms with E-state index in [1.165, 1.54) is 4.90 Å². The normalized spacial score (nSPS) is 14.4. The van der Waals surface area contributed by atoms with Crippen molar-refractivity contribution in [3.05, 3.63) is 96.5 Å². The van der Waals surface area contributed by atoms with Gasteiger partial charge in [0.1, 0.15) is 12.3 Å². The molecule has 1 fully saturated rings. The second-order valence-corrected chi connectivity index (χ2v) is 10.4. The van der Waals surface area contributed by atoms with Gasteiger partial charge in [-0.15, -0.1) is 0 Å². The highest BCUT2D eigenvalue weighted by Gasteiger charge is 2.33. The Labute approximate surface area is 228 Å². The van der Waals surface area contributed by atoms with Crippen molar-refractivity contribution in [2.45, 2.75) is 20.1 Å². The maximum atomic E-state index is 13.0. The number of rotatable bonds is 8. The van der Waals surface area contributed by atoms with Crippen LogP contribution in [-0.2, 0) is 17.9 Å². The molecule has 1 aliphatic rings. The van der Waals surface area contributed by atoms with Gasteiger partial charge in [-0.05, 0) is 66.1 Å². The van der Waals surface area contributed by atoms with Crippen molar-refractivity contribution >= 4 is 65.8 Å². The maximum absolute atomic E-state index is 13.0. The van der Waals surface area contributed by atoms with Gasteiger partial charge in [-0.25, -0.2) is 4.79 Å². The standard InChI is InChI=1S/C26H21Br3N2O4/c1-2-34-23-12-18(21(29)13-24(23)35-15-17-5-9-20(28)10-6-17)11-22-25(32)31(26(33)30-22)14-16-3-7-19(27)8-4-16/h3-13H,2,14-15H2,1H3,(H,30,33)/b22-11+. The number of halogens is 3. The van der Waals surface area contributed by atoms with Gasteiger partial charge in [0, 0.05) is 13.4 Å². The molecule has 0 aliphatic carbocycles. The van der Waals surface area contributed by atoms with Crippen molar-refractivity contribution in [1.29, 1.82) is 0 Å². The van der Waals surface area contributed by atoms with Crippen LogP contribution in [0.1, 0.15) is 23.6 Å². The Balaban J connectivity index is 1.54. The quantitative estimate of drug-likeness (QED) is 0.207. The molecule has 3 aromatic carbocycles. The topological polar surface area (TPSA) is 67.9 Å². The molecular formula is C26H21Br3N2O4. The van der Waals surface area contributed by atoms with Crippen molar-refractivity contribution in [2.24, 2.45) is 0 Å². The molecule has 6 nitrogen and oxygen atoms in total. The van der Waals surface area contributed by atoms with Gasteiger partial charge < -0.3 is 14.8 Å². The molecule has 1 heterocycles. The predicted octanol–water partition coefficient (Wildman–Crippen LogP) is 7.04. The molecule has 35 heavy (non-hydrogen) atoms. The number of carbonyl (C=O) groups is 2. The van der Waals surface area contributed by atoms with Crippen LogP contribution in [0.25, 0.3) is 6.08 Å². The summed E-state index contributed by atoms with van der Waals surface area (Å²) < 4.78 is 14.4. The van der Waals surface area contributed by atoms with Gasteiger partial charge in [0.2, 0.25) is 0 Å². The van der Waals surface area contributed by atoms with E-state index < -0.39 is 11.9 Å². The molecule has 9 heteroatoms. The minimum absolute atomic E-state index is 0.184. The van der Waals surface area contributed by atoms with E-state index in [1.54, 1.807) is 18.2 Å². The number of hydrogen-bond acceptors (Lipinski definition) is 4. The van der Waals surface area contributed by atoms with E-state index in [2.05, 4.69) is 53.1 Å². The lowest BCUT2D eigenvalue weighted by atomic mass is 10.1. The first kappa shape index (κ1) is 25.5. The average Bonchev–Trinajstić information content (AvgIpc) is 3.10. The van der Waals surface area contributed by atoms with Gasteiger partial charge in [0.15, 0.2) is 11.5 Å². The molecule has 0 saturated carbocycles. The molecule has 0 atom stereocenters. The van der Waals surface area contributed by atoms with E-state index in [4.69, 9.17) is 9.47 Å². The molecule has 0 spiro atoms. The van der Waals surface area contributed by atoms with Crippen molar-refractivity contribution in [1.82, 2.24) is 10.2 Å². The third kappa shape index (κ3) is 6.34. The zero-order chi connectivity index (χ0) is 24.9. The van der Waals surface area contributed by atoms with Crippen LogP contribution in [-0.4, -0.2) is 23.4 Å². The molecule has 0 unspecified atom stereocenters. The Hall–Kier alpha value is -2.62. The summed E-state index contributed by atoms with van der Waals surface area (Å²) in [6.45, 7) is 2.89. The van der Waals surface area contributed by atoms with Crippen LogP contribution >= 0.6 is 47.8 Å². The third-order valence-electron chi connectivity index (χ3n) is 5.19. The number of nitrogens with zero attached hydrogens (tertiary/aromatic N) is 1. The van der Waals surface area contributed by atoms with Gasteiger partial charge in [-0.1, -0.05) is 72.1 Å². The molecular weight excluding hydrogens is 644 g/mol. The first-order valence-corrected chi connectivity index (χ1v) is 13.1. The summed E-state index contributed by atoms with van der Waals surface area (Å²) in [6.07, 6.45) is 1.63. The lowest BCUT2D eigenvalue weighted by Gasteiger charge is -2.14. The largest absolute Gasteiger partial charge is 0.490 e. The smallest absolute Gasteiger partial charge is 0.329 e. The second kappa shape index (κ2) is 11.4. The number of ether oxygens (including phenoxy) is 2. The summed E-state index contributed by atoms with van der Waals surface area (Å²) in [7, 11) is 0. The molecule has 1 saturated heterocycles. The molecule has 180 valence electrons. The fraction of sp³-hybridized carbons (Fsp3) is 0.154. The first-order valence-electron chi connectivity index (χ1n) is 10.8. The van der Waals surface area contributed by atoms with Gasteiger partial charge >= 0.3 is 6.03 Å². The number of hydrogen-bond donors (Lipinski definition) is 1. The van der Waals surface area contributed by atoms with E-state index in [9.17, 15) is 9.59 Å². The zero-order valence-corrected chi connectivity index (χ0v) is 23.4. The van der Waals surface area contributed by atoms with Crippen LogP contribution in [0.2, 0.25) is 0 Å². The Morgan fingerprint density at radius 2 is 1.46 bits per heavy atom. The summed E-state index contributed by atoms with van der Waals surface area (Å²) in [5.74, 6) is 0.726. The first-order chi connectivity index (χ1) is 16.8. The number of nitrogens with one attached hydrogen (secondary N) is 1. The Bertz CT molecular complexity index is 1280. The van der Waals surface area contributed by atoms with Crippen molar-refractivity contribution in [3.63, 3.8) is 0 Å². The zero-order valence-electron chi connectivity index (χ0n) is 18.7. The van der Waals surface area contributed by atoms with Crippen LogP contribution in [0.3, 0.4) is 0 Å². The number of amides is 3. The highest BCUT2D eigenvalue weighted by molar-refractivity contribution is 9.11. The van der Waals surface area contributed by atoms with Gasteiger partial charge in [0.25, 0.3) is 5.91 Å². The molecule has 0 radical (unpaired) electrons. The summed E-state index contributed by atoms with van der Waals surface area (Å²) in [5.41, 5.74) is 2.74. The van der Waals surface area contributed by atoms with E-state index in [0.717, 1.165) is 20.1 Å². The van der Waals surface area contributed by atoms with E-state index in [1.807, 2.05) is 55.5 Å². The summed E-state index contributed by atoms with van der Waals surface area (Å²) in [4.78, 5) is 26.6. The number of urea groups is 1. The van der Waals surface area contributed by atoms with Crippen LogP contribution in [0.4, 0.5) is 4.79 Å². The molecule has 0 aromatic heterocycles. The number of carbonyl (C=O) groups excluding carboxylic acids is 2. The minimum atomic E-state index is -0.459. The Morgan fingerprint density at radius 3 is 2.09 bits per heavy atom. The SMILES string of the molecule is CCOc1cc(/C=C2/NC(=O)N(Cc3ccc(Br)cc3)C2=O)c(Br)cc1OCc1ccc(Br)cc1. The van der Waals surface area contributed by atoms with E-state index >= 15 is 0 Å². The van der Waals surface area contributed by atoms with Gasteiger partial charge in [0.05, 0.1) is 13.2 Å². The fourth-order valence-electron chi connectivity index (χ4n) is 3.43. The van der Waals surface area contributed by atoms with Crippen LogP contribution in [0.5, 0.6) is 11.5 Å². The van der Waals surface area contributed by atoms with Crippen molar-refractivity contribution in [3.8, 4) is 11.5 Å². The Morgan fingerprint density at radius 1 is 0.857 bits per heavy atom. The average molecular weight is 665 g/mol. The van der Waals surface area contributed by atoms with Crippen LogP contribution in [0.15, 0.2) is 79.8 Å². The van der Waals surface area contributed by atoms with Crippen molar-refractivity contribution < 1.29 is 19.1 Å². The summed E-state index contributed by atoms with van der Waals surface area (Å²) >= 11 is 10.4. The predicted molar refractivity (Wildman–Crippen MR) is 145 cm³/mol. The highest BCUT2D eigenvalue weighted by Crippen LogP contribution is 2.36. The van der Waals surface area contributed by atoms with E-state index in [-0.39, 0.29) is 12.2 Å². The lowest BCUT2D eigenvalue weighted by Crippen LogP contribution is -2.30. The summed E-state index contributed by atoms with van der Waals surface area (Å²) in [5, 5.41) is 2.67. The van der Waals surface area contributed by atoms with Gasteiger partial charge in [-0.3, -0.25) is 9.69 Å². The number of benzene rings is 3. The Kier molecular flexibility index (Phi) is 8.30. The van der Waals surface area contributed by atoms with Crippen LogP contribution < -0.4 is 14.8 Å². The van der Waals surface area contributed by atoms with Crippen LogP contribution in [0, 0.1) is 0 Å². The fourth-order valence-corrected chi connectivity index (χ4v) is 4.39. The van der Waals surface area contributed by atoms with Crippen molar-refractivity contribution in [2.75, 3.05) is 6.61 Å². The third-order valence-corrected chi connectivity index (χ3v) is 6.93. The maximum Gasteiger partial charge on any atom is 0.329 e. The minimum Gasteiger partial charge on any atom is -0.490 e. The highest BCUT2D eigenvalue weighted by atomic mass is 79.9. The molecule has 1 N–H and O–H groups in total. The molecule has 3 aromatic rings. The van der Waals surface area contributed by atoms with Gasteiger partial charge in [-0.2, -0.15) is 0 Å². The number of imide groups is 1. The second-order valence-electron chi connectivity index (χ2n) is 7.67. The van der Waals surface area contributed by atoms with E-state index in [0.29, 0.717) is 34.7 Å². The monoisotopic (exact) mass is 662 g/mol. The molecule has 1 aliphatic heterocycles. The lowest BCUT2D eigenvalue weighted by molar-refractivity contribution is -0.123. The molecule has 0 bridgehead atoms.